The Balaban J connectivity index is 2.14. The zero-order chi connectivity index (χ0) is 21.3. The molecular weight excluding hydrogens is 412 g/mol. The Labute approximate surface area is 176 Å². The molecule has 29 heavy (non-hydrogen) atoms. The fraction of sp³-hybridized carbons (Fsp3) is 0.316. The molecule has 2 aromatic rings. The maximum absolute atomic E-state index is 13.2. The van der Waals surface area contributed by atoms with Crippen LogP contribution >= 0.6 is 24.0 Å². The van der Waals surface area contributed by atoms with E-state index < -0.39 is 18.4 Å². The van der Waals surface area contributed by atoms with Gasteiger partial charge in [0.15, 0.2) is 0 Å². The van der Waals surface area contributed by atoms with Gasteiger partial charge < -0.3 is 10.4 Å². The van der Waals surface area contributed by atoms with Gasteiger partial charge in [-0.3, -0.25) is 23.7 Å². The lowest BCUT2D eigenvalue weighted by atomic mass is 10.2. The first kappa shape index (κ1) is 21.0. The molecule has 1 aliphatic heterocycles. The van der Waals surface area contributed by atoms with E-state index in [9.17, 15) is 14.4 Å². The van der Waals surface area contributed by atoms with Gasteiger partial charge in [0, 0.05) is 12.7 Å². The quantitative estimate of drug-likeness (QED) is 0.530. The molecule has 3 rings (SSSR count). The Kier molecular flexibility index (Phi) is 6.04. The van der Waals surface area contributed by atoms with Gasteiger partial charge in [0.1, 0.15) is 22.3 Å². The molecule has 0 aromatic carbocycles. The lowest BCUT2D eigenvalue weighted by Gasteiger charge is -2.13. The number of anilines is 1. The number of carbonyl (C=O) groups excluding carboxylic acids is 1. The molecule has 2 N–H and O–H groups in total. The first-order chi connectivity index (χ1) is 13.7. The highest BCUT2D eigenvalue weighted by atomic mass is 32.2. The number of hydrogen-bond acceptors (Lipinski definition) is 7. The van der Waals surface area contributed by atoms with E-state index in [1.165, 1.54) is 10.5 Å². The first-order valence-electron chi connectivity index (χ1n) is 8.92. The van der Waals surface area contributed by atoms with Gasteiger partial charge in [-0.2, -0.15) is 0 Å². The van der Waals surface area contributed by atoms with Crippen LogP contribution in [0.2, 0.25) is 0 Å². The normalized spacial score (nSPS) is 15.7. The van der Waals surface area contributed by atoms with Crippen LogP contribution in [-0.2, 0) is 9.59 Å². The van der Waals surface area contributed by atoms with Crippen LogP contribution in [0.25, 0.3) is 11.7 Å². The van der Waals surface area contributed by atoms with Gasteiger partial charge in [0.25, 0.3) is 11.5 Å². The van der Waals surface area contributed by atoms with Gasteiger partial charge in [0.05, 0.1) is 10.5 Å². The molecule has 3 heterocycles. The number of carbonyl (C=O) groups is 2. The number of carboxylic acid groups (broad SMARTS) is 1. The van der Waals surface area contributed by atoms with Crippen LogP contribution < -0.4 is 10.9 Å². The number of fused-ring (bicyclic) bond motifs is 1. The van der Waals surface area contributed by atoms with Gasteiger partial charge in [-0.25, -0.2) is 4.98 Å². The molecule has 8 nitrogen and oxygen atoms in total. The minimum absolute atomic E-state index is 0.144. The van der Waals surface area contributed by atoms with Crippen molar-refractivity contribution in [3.63, 3.8) is 0 Å². The maximum atomic E-state index is 13.2. The molecule has 2 aromatic heterocycles. The molecule has 1 aliphatic rings. The molecule has 0 atom stereocenters. The summed E-state index contributed by atoms with van der Waals surface area (Å²) >= 11 is 6.09. The number of carboxylic acids is 1. The number of aromatic nitrogens is 2. The fourth-order valence-electron chi connectivity index (χ4n) is 2.78. The van der Waals surface area contributed by atoms with Gasteiger partial charge in [-0.1, -0.05) is 43.9 Å². The zero-order valence-corrected chi connectivity index (χ0v) is 17.8. The first-order valence-corrected chi connectivity index (χ1v) is 10.1. The van der Waals surface area contributed by atoms with Crippen LogP contribution in [0.15, 0.2) is 28.0 Å². The Morgan fingerprint density at radius 2 is 2.14 bits per heavy atom. The van der Waals surface area contributed by atoms with Gasteiger partial charge in [-0.05, 0) is 30.5 Å². The highest BCUT2D eigenvalue weighted by Crippen LogP contribution is 2.32. The second-order valence-electron chi connectivity index (χ2n) is 7.00. The molecule has 1 amide bonds. The van der Waals surface area contributed by atoms with Crippen LogP contribution in [0.3, 0.4) is 0 Å². The van der Waals surface area contributed by atoms with Crippen molar-refractivity contribution < 1.29 is 14.7 Å². The Morgan fingerprint density at radius 3 is 2.79 bits per heavy atom. The average Bonchev–Trinajstić information content (AvgIpc) is 2.90. The van der Waals surface area contributed by atoms with E-state index in [-0.39, 0.29) is 20.3 Å². The summed E-state index contributed by atoms with van der Waals surface area (Å²) in [5.74, 6) is -1.01. The lowest BCUT2D eigenvalue weighted by Crippen LogP contribution is -2.33. The molecule has 10 heteroatoms. The van der Waals surface area contributed by atoms with E-state index in [0.29, 0.717) is 23.9 Å². The van der Waals surface area contributed by atoms with E-state index in [2.05, 4.69) is 10.3 Å². The van der Waals surface area contributed by atoms with Crippen molar-refractivity contribution in [2.24, 2.45) is 5.92 Å². The number of thiocarbonyl (C=S) groups is 1. The summed E-state index contributed by atoms with van der Waals surface area (Å²) in [6.07, 6.45) is 3.06. The molecule has 0 unspecified atom stereocenters. The lowest BCUT2D eigenvalue weighted by molar-refractivity contribution is -0.140. The predicted molar refractivity (Wildman–Crippen MR) is 117 cm³/mol. The molecule has 1 saturated heterocycles. The molecule has 0 radical (unpaired) electrons. The number of hydrogen-bond donors (Lipinski definition) is 2. The second kappa shape index (κ2) is 8.34. The van der Waals surface area contributed by atoms with Gasteiger partial charge in [-0.15, -0.1) is 0 Å². The molecule has 0 aliphatic carbocycles. The number of nitrogens with one attached hydrogen (secondary N) is 1. The summed E-state index contributed by atoms with van der Waals surface area (Å²) in [6, 6.07) is 3.62. The van der Waals surface area contributed by atoms with Crippen molar-refractivity contribution >= 4 is 57.7 Å². The van der Waals surface area contributed by atoms with E-state index >= 15 is 0 Å². The van der Waals surface area contributed by atoms with E-state index in [4.69, 9.17) is 17.3 Å². The molecular formula is C19H20N4O4S2. The Bertz CT molecular complexity index is 1110. The zero-order valence-electron chi connectivity index (χ0n) is 16.1. The number of aliphatic carboxylic acids is 1. The van der Waals surface area contributed by atoms with Crippen molar-refractivity contribution in [3.05, 3.63) is 44.7 Å². The Hall–Kier alpha value is -2.72. The van der Waals surface area contributed by atoms with Crippen LogP contribution in [-0.4, -0.2) is 48.7 Å². The monoisotopic (exact) mass is 432 g/mol. The van der Waals surface area contributed by atoms with E-state index in [1.54, 1.807) is 12.3 Å². The largest absolute Gasteiger partial charge is 0.480 e. The number of amides is 1. The standard InChI is InChI=1S/C19H20N4O4S2/c1-10(2)8-20-15-12(17(26)22-6-4-5-11(3)16(22)21-15)7-13-18(27)23(9-14(24)25)19(28)29-13/h4-7,10,20H,8-9H2,1-3H3,(H,24,25)/b13-7+. The number of nitrogens with zero attached hydrogens (tertiary/aromatic N) is 3. The summed E-state index contributed by atoms with van der Waals surface area (Å²) in [4.78, 5) is 42.6. The third kappa shape index (κ3) is 4.33. The van der Waals surface area contributed by atoms with E-state index in [1.807, 2.05) is 26.8 Å². The second-order valence-corrected chi connectivity index (χ2v) is 8.68. The van der Waals surface area contributed by atoms with Crippen molar-refractivity contribution in [2.75, 3.05) is 18.4 Å². The van der Waals surface area contributed by atoms with Crippen molar-refractivity contribution in [1.29, 1.82) is 0 Å². The van der Waals surface area contributed by atoms with Crippen LogP contribution in [0, 0.1) is 12.8 Å². The minimum atomic E-state index is -1.16. The van der Waals surface area contributed by atoms with E-state index in [0.717, 1.165) is 22.2 Å². The van der Waals surface area contributed by atoms with Crippen molar-refractivity contribution in [1.82, 2.24) is 14.3 Å². The number of pyridine rings is 1. The highest BCUT2D eigenvalue weighted by molar-refractivity contribution is 8.26. The number of thioether (sulfide) groups is 1. The van der Waals surface area contributed by atoms with Crippen LogP contribution in [0.4, 0.5) is 5.82 Å². The maximum Gasteiger partial charge on any atom is 0.323 e. The van der Waals surface area contributed by atoms with Gasteiger partial charge in [0.2, 0.25) is 0 Å². The molecule has 1 fully saturated rings. The summed E-state index contributed by atoms with van der Waals surface area (Å²) < 4.78 is 1.57. The minimum Gasteiger partial charge on any atom is -0.480 e. The van der Waals surface area contributed by atoms with Crippen LogP contribution in [0.1, 0.15) is 25.0 Å². The summed E-state index contributed by atoms with van der Waals surface area (Å²) in [5.41, 5.74) is 1.27. The van der Waals surface area contributed by atoms with Crippen molar-refractivity contribution in [2.45, 2.75) is 20.8 Å². The molecule has 0 spiro atoms. The highest BCUT2D eigenvalue weighted by Gasteiger charge is 2.34. The summed E-state index contributed by atoms with van der Waals surface area (Å²) in [5, 5.41) is 12.2. The molecule has 0 saturated carbocycles. The van der Waals surface area contributed by atoms with Gasteiger partial charge >= 0.3 is 5.97 Å². The third-order valence-electron chi connectivity index (χ3n) is 4.20. The fourth-order valence-corrected chi connectivity index (χ4v) is 4.02. The topological polar surface area (TPSA) is 104 Å². The summed E-state index contributed by atoms with van der Waals surface area (Å²) in [6.45, 7) is 6.00. The number of aryl methyl sites for hydroxylation is 1. The number of rotatable bonds is 6. The van der Waals surface area contributed by atoms with Crippen LogP contribution in [0.5, 0.6) is 0 Å². The third-order valence-corrected chi connectivity index (χ3v) is 5.58. The summed E-state index contributed by atoms with van der Waals surface area (Å²) in [7, 11) is 0. The average molecular weight is 433 g/mol. The molecule has 0 bridgehead atoms. The Morgan fingerprint density at radius 1 is 1.41 bits per heavy atom. The predicted octanol–water partition coefficient (Wildman–Crippen LogP) is 2.36. The smallest absolute Gasteiger partial charge is 0.323 e. The molecule has 152 valence electrons. The SMILES string of the molecule is Cc1cccn2c(=O)c(/C=C3/SC(=S)N(CC(=O)O)C3=O)c(NCC(C)C)nc12. The van der Waals surface area contributed by atoms with Crippen molar-refractivity contribution in [3.8, 4) is 0 Å².